The SMILES string of the molecule is CC1CN(C(=O)c2cc(N)cc(F)c2)CCS1. The van der Waals surface area contributed by atoms with Gasteiger partial charge in [0.2, 0.25) is 0 Å². The number of hydrogen-bond donors (Lipinski definition) is 1. The van der Waals surface area contributed by atoms with E-state index in [1.54, 1.807) is 4.90 Å². The normalized spacial score (nSPS) is 20.4. The fourth-order valence-corrected chi connectivity index (χ4v) is 2.93. The third-order valence-corrected chi connectivity index (χ3v) is 3.83. The minimum absolute atomic E-state index is 0.136. The zero-order chi connectivity index (χ0) is 12.4. The van der Waals surface area contributed by atoms with Crippen molar-refractivity contribution < 1.29 is 9.18 Å². The largest absolute Gasteiger partial charge is 0.399 e. The number of nitrogens with zero attached hydrogens (tertiary/aromatic N) is 1. The minimum Gasteiger partial charge on any atom is -0.399 e. The Labute approximate surface area is 104 Å². The van der Waals surface area contributed by atoms with Crippen LogP contribution in [0, 0.1) is 5.82 Å². The number of anilines is 1. The monoisotopic (exact) mass is 254 g/mol. The van der Waals surface area contributed by atoms with Crippen LogP contribution in [0.3, 0.4) is 0 Å². The van der Waals surface area contributed by atoms with Gasteiger partial charge in [-0.1, -0.05) is 6.92 Å². The van der Waals surface area contributed by atoms with Gasteiger partial charge in [0, 0.05) is 35.3 Å². The molecule has 0 saturated carbocycles. The Morgan fingerprint density at radius 3 is 2.94 bits per heavy atom. The molecule has 1 aromatic carbocycles. The van der Waals surface area contributed by atoms with E-state index in [-0.39, 0.29) is 11.6 Å². The lowest BCUT2D eigenvalue weighted by molar-refractivity contribution is 0.0762. The molecule has 0 aliphatic carbocycles. The third-order valence-electron chi connectivity index (χ3n) is 2.70. The number of benzene rings is 1. The molecule has 0 bridgehead atoms. The first-order valence-electron chi connectivity index (χ1n) is 5.53. The van der Waals surface area contributed by atoms with Gasteiger partial charge in [-0.05, 0) is 18.2 Å². The summed E-state index contributed by atoms with van der Waals surface area (Å²) in [5, 5.41) is 0.429. The van der Waals surface area contributed by atoms with Gasteiger partial charge in [-0.25, -0.2) is 4.39 Å². The van der Waals surface area contributed by atoms with Crippen LogP contribution in [0.5, 0.6) is 0 Å². The molecule has 1 heterocycles. The van der Waals surface area contributed by atoms with Crippen molar-refractivity contribution in [3.8, 4) is 0 Å². The molecule has 2 rings (SSSR count). The topological polar surface area (TPSA) is 46.3 Å². The predicted octanol–water partition coefficient (Wildman–Crippen LogP) is 1.99. The Hall–Kier alpha value is -1.23. The number of amides is 1. The Balaban J connectivity index is 2.18. The van der Waals surface area contributed by atoms with Crippen LogP contribution in [0.2, 0.25) is 0 Å². The first-order chi connectivity index (χ1) is 8.06. The summed E-state index contributed by atoms with van der Waals surface area (Å²) in [4.78, 5) is 13.9. The van der Waals surface area contributed by atoms with Crippen molar-refractivity contribution in [3.05, 3.63) is 29.6 Å². The number of nitrogens with two attached hydrogens (primary N) is 1. The maximum absolute atomic E-state index is 13.2. The average Bonchev–Trinajstić information content (AvgIpc) is 2.26. The molecule has 0 spiro atoms. The summed E-state index contributed by atoms with van der Waals surface area (Å²) in [6, 6.07) is 3.98. The van der Waals surface area contributed by atoms with Crippen molar-refractivity contribution >= 4 is 23.4 Å². The second-order valence-electron chi connectivity index (χ2n) is 4.21. The third kappa shape index (κ3) is 2.91. The van der Waals surface area contributed by atoms with Crippen LogP contribution in [0.4, 0.5) is 10.1 Å². The zero-order valence-electron chi connectivity index (χ0n) is 9.65. The molecule has 3 nitrogen and oxygen atoms in total. The molecule has 1 atom stereocenters. The van der Waals surface area contributed by atoms with Crippen LogP contribution in [0.15, 0.2) is 18.2 Å². The predicted molar refractivity (Wildman–Crippen MR) is 68.6 cm³/mol. The van der Waals surface area contributed by atoms with E-state index in [0.717, 1.165) is 5.75 Å². The summed E-state index contributed by atoms with van der Waals surface area (Å²) >= 11 is 1.85. The molecule has 1 unspecified atom stereocenters. The first kappa shape index (κ1) is 12.2. The Bertz CT molecular complexity index is 418. The van der Waals surface area contributed by atoms with E-state index in [0.29, 0.717) is 23.9 Å². The van der Waals surface area contributed by atoms with Crippen molar-refractivity contribution in [1.82, 2.24) is 4.90 Å². The number of halogens is 1. The van der Waals surface area contributed by atoms with Gasteiger partial charge in [0.1, 0.15) is 5.82 Å². The van der Waals surface area contributed by atoms with Crippen LogP contribution in [-0.4, -0.2) is 34.9 Å². The van der Waals surface area contributed by atoms with Crippen LogP contribution >= 0.6 is 11.8 Å². The van der Waals surface area contributed by atoms with E-state index in [9.17, 15) is 9.18 Å². The van der Waals surface area contributed by atoms with Gasteiger partial charge in [0.25, 0.3) is 5.91 Å². The van der Waals surface area contributed by atoms with Gasteiger partial charge >= 0.3 is 0 Å². The van der Waals surface area contributed by atoms with Crippen LogP contribution < -0.4 is 5.73 Å². The summed E-state index contributed by atoms with van der Waals surface area (Å²) in [6.07, 6.45) is 0. The second kappa shape index (κ2) is 4.96. The Kier molecular flexibility index (Phi) is 3.57. The van der Waals surface area contributed by atoms with Crippen LogP contribution in [-0.2, 0) is 0 Å². The van der Waals surface area contributed by atoms with Crippen molar-refractivity contribution in [2.45, 2.75) is 12.2 Å². The highest BCUT2D eigenvalue weighted by molar-refractivity contribution is 7.99. The molecule has 92 valence electrons. The molecule has 1 aliphatic heterocycles. The molecule has 1 aliphatic rings. The van der Waals surface area contributed by atoms with E-state index in [1.807, 2.05) is 11.8 Å². The van der Waals surface area contributed by atoms with Crippen LogP contribution in [0.25, 0.3) is 0 Å². The van der Waals surface area contributed by atoms with Crippen molar-refractivity contribution in [1.29, 1.82) is 0 Å². The van der Waals surface area contributed by atoms with Crippen molar-refractivity contribution in [3.63, 3.8) is 0 Å². The summed E-state index contributed by atoms with van der Waals surface area (Å²) in [5.41, 5.74) is 6.16. The lowest BCUT2D eigenvalue weighted by Crippen LogP contribution is -2.41. The Morgan fingerprint density at radius 1 is 1.53 bits per heavy atom. The minimum atomic E-state index is -0.465. The lowest BCUT2D eigenvalue weighted by atomic mass is 10.1. The molecular formula is C12H15FN2OS. The molecule has 17 heavy (non-hydrogen) atoms. The smallest absolute Gasteiger partial charge is 0.254 e. The van der Waals surface area contributed by atoms with Crippen molar-refractivity contribution in [2.75, 3.05) is 24.6 Å². The zero-order valence-corrected chi connectivity index (χ0v) is 10.5. The number of rotatable bonds is 1. The van der Waals surface area contributed by atoms with Crippen molar-refractivity contribution in [2.24, 2.45) is 0 Å². The van der Waals surface area contributed by atoms with E-state index < -0.39 is 5.82 Å². The van der Waals surface area contributed by atoms with Gasteiger partial charge < -0.3 is 10.6 Å². The van der Waals surface area contributed by atoms with Gasteiger partial charge in [-0.15, -0.1) is 0 Å². The van der Waals surface area contributed by atoms with E-state index >= 15 is 0 Å². The van der Waals surface area contributed by atoms with Gasteiger partial charge in [0.15, 0.2) is 0 Å². The van der Waals surface area contributed by atoms with Gasteiger partial charge in [0.05, 0.1) is 0 Å². The molecule has 1 saturated heterocycles. The lowest BCUT2D eigenvalue weighted by Gasteiger charge is -2.30. The first-order valence-corrected chi connectivity index (χ1v) is 6.58. The number of carbonyl (C=O) groups is 1. The van der Waals surface area contributed by atoms with Crippen LogP contribution in [0.1, 0.15) is 17.3 Å². The molecule has 2 N–H and O–H groups in total. The highest BCUT2D eigenvalue weighted by atomic mass is 32.2. The molecule has 1 fully saturated rings. The molecular weight excluding hydrogens is 239 g/mol. The summed E-state index contributed by atoms with van der Waals surface area (Å²) in [7, 11) is 0. The number of nitrogen functional groups attached to an aromatic ring is 1. The fraction of sp³-hybridized carbons (Fsp3) is 0.417. The maximum atomic E-state index is 13.2. The highest BCUT2D eigenvalue weighted by Crippen LogP contribution is 2.20. The molecule has 1 aromatic rings. The van der Waals surface area contributed by atoms with E-state index in [1.165, 1.54) is 18.2 Å². The molecule has 5 heteroatoms. The number of thioether (sulfide) groups is 1. The molecule has 0 radical (unpaired) electrons. The number of carbonyl (C=O) groups excluding carboxylic acids is 1. The standard InChI is InChI=1S/C12H15FN2OS/c1-8-7-15(2-3-17-8)12(16)9-4-10(13)6-11(14)5-9/h4-6,8H,2-3,7,14H2,1H3. The number of hydrogen-bond acceptors (Lipinski definition) is 3. The second-order valence-corrected chi connectivity index (χ2v) is 5.75. The maximum Gasteiger partial charge on any atom is 0.254 e. The van der Waals surface area contributed by atoms with E-state index in [2.05, 4.69) is 6.92 Å². The molecule has 1 amide bonds. The summed E-state index contributed by atoms with van der Waals surface area (Å²) in [6.45, 7) is 3.51. The average molecular weight is 254 g/mol. The van der Waals surface area contributed by atoms with Gasteiger partial charge in [-0.2, -0.15) is 11.8 Å². The molecule has 0 aromatic heterocycles. The summed E-state index contributed by atoms with van der Waals surface area (Å²) < 4.78 is 13.2. The fourth-order valence-electron chi connectivity index (χ4n) is 1.92. The highest BCUT2D eigenvalue weighted by Gasteiger charge is 2.22. The van der Waals surface area contributed by atoms with Gasteiger partial charge in [-0.3, -0.25) is 4.79 Å². The summed E-state index contributed by atoms with van der Waals surface area (Å²) in [5.74, 6) is 0.327. The Morgan fingerprint density at radius 2 is 2.29 bits per heavy atom. The quantitative estimate of drug-likeness (QED) is 0.780. The van der Waals surface area contributed by atoms with E-state index in [4.69, 9.17) is 5.73 Å².